The number of carbonyl (C=O) groups excluding carboxylic acids is 1. The van der Waals surface area contributed by atoms with Crippen molar-refractivity contribution in [2.24, 2.45) is 5.41 Å². The lowest BCUT2D eigenvalue weighted by atomic mass is 9.89. The Morgan fingerprint density at radius 1 is 1.44 bits per heavy atom. The summed E-state index contributed by atoms with van der Waals surface area (Å²) in [6.45, 7) is 5.83. The molecule has 0 amide bonds. The summed E-state index contributed by atoms with van der Waals surface area (Å²) in [7, 11) is 0. The van der Waals surface area contributed by atoms with Gasteiger partial charge >= 0.3 is 0 Å². The number of rotatable bonds is 2. The zero-order chi connectivity index (χ0) is 7.49. The number of halogens is 1. The van der Waals surface area contributed by atoms with Gasteiger partial charge in [-0.05, 0) is 0 Å². The standard InChI is InChI=1S/C7H13BrO/c1-7(2,3)6(9)4-5-8/h4-5H2,1-3H3. The lowest BCUT2D eigenvalue weighted by molar-refractivity contribution is -0.125. The van der Waals surface area contributed by atoms with Crippen LogP contribution in [0.2, 0.25) is 0 Å². The molecule has 0 aromatic heterocycles. The van der Waals surface area contributed by atoms with Crippen molar-refractivity contribution < 1.29 is 4.79 Å². The molecule has 0 aliphatic rings. The first-order valence-electron chi connectivity index (χ1n) is 3.07. The Morgan fingerprint density at radius 2 is 1.89 bits per heavy atom. The number of hydrogen-bond acceptors (Lipinski definition) is 1. The van der Waals surface area contributed by atoms with Crippen LogP contribution in [0, 0.1) is 5.41 Å². The second-order valence-electron chi connectivity index (χ2n) is 3.11. The average Bonchev–Trinajstić information content (AvgIpc) is 1.64. The van der Waals surface area contributed by atoms with Gasteiger partial charge in [-0.2, -0.15) is 0 Å². The van der Waals surface area contributed by atoms with E-state index in [-0.39, 0.29) is 5.41 Å². The average molecular weight is 193 g/mol. The van der Waals surface area contributed by atoms with Gasteiger partial charge < -0.3 is 0 Å². The molecular weight excluding hydrogens is 180 g/mol. The molecule has 0 aliphatic heterocycles. The summed E-state index contributed by atoms with van der Waals surface area (Å²) in [6, 6.07) is 0. The van der Waals surface area contributed by atoms with Crippen molar-refractivity contribution in [3.8, 4) is 0 Å². The highest BCUT2D eigenvalue weighted by molar-refractivity contribution is 9.09. The molecule has 0 heterocycles. The van der Waals surface area contributed by atoms with E-state index in [0.29, 0.717) is 12.2 Å². The van der Waals surface area contributed by atoms with Crippen molar-refractivity contribution in [3.63, 3.8) is 0 Å². The Bertz CT molecular complexity index is 102. The normalized spacial score (nSPS) is 11.6. The summed E-state index contributed by atoms with van der Waals surface area (Å²) in [5.74, 6) is 0.319. The van der Waals surface area contributed by atoms with Gasteiger partial charge in [-0.3, -0.25) is 4.79 Å². The fourth-order valence-electron chi connectivity index (χ4n) is 0.461. The predicted molar refractivity (Wildman–Crippen MR) is 42.9 cm³/mol. The largest absolute Gasteiger partial charge is 0.299 e. The third-order valence-corrected chi connectivity index (χ3v) is 1.55. The van der Waals surface area contributed by atoms with E-state index in [2.05, 4.69) is 15.9 Å². The highest BCUT2D eigenvalue weighted by atomic mass is 79.9. The van der Waals surface area contributed by atoms with Crippen LogP contribution in [0.4, 0.5) is 0 Å². The zero-order valence-electron chi connectivity index (χ0n) is 6.20. The highest BCUT2D eigenvalue weighted by Crippen LogP contribution is 2.16. The van der Waals surface area contributed by atoms with E-state index in [1.54, 1.807) is 0 Å². The first-order valence-corrected chi connectivity index (χ1v) is 4.20. The van der Waals surface area contributed by atoms with Crippen LogP contribution in [-0.2, 0) is 4.79 Å². The van der Waals surface area contributed by atoms with Crippen molar-refractivity contribution in [1.29, 1.82) is 0 Å². The summed E-state index contributed by atoms with van der Waals surface area (Å²) in [5.41, 5.74) is -0.159. The minimum Gasteiger partial charge on any atom is -0.299 e. The van der Waals surface area contributed by atoms with Crippen LogP contribution in [0.5, 0.6) is 0 Å². The molecule has 0 saturated carbocycles. The zero-order valence-corrected chi connectivity index (χ0v) is 7.79. The van der Waals surface area contributed by atoms with Gasteiger partial charge in [0.15, 0.2) is 0 Å². The fraction of sp³-hybridized carbons (Fsp3) is 0.857. The maximum Gasteiger partial charge on any atom is 0.139 e. The van der Waals surface area contributed by atoms with Crippen LogP contribution in [0.25, 0.3) is 0 Å². The van der Waals surface area contributed by atoms with Crippen molar-refractivity contribution in [1.82, 2.24) is 0 Å². The Hall–Kier alpha value is 0.150. The van der Waals surface area contributed by atoms with Gasteiger partial charge in [-0.25, -0.2) is 0 Å². The van der Waals surface area contributed by atoms with Crippen molar-refractivity contribution >= 4 is 21.7 Å². The molecule has 9 heavy (non-hydrogen) atoms. The topological polar surface area (TPSA) is 17.1 Å². The number of alkyl halides is 1. The van der Waals surface area contributed by atoms with Gasteiger partial charge in [0, 0.05) is 17.2 Å². The van der Waals surface area contributed by atoms with Gasteiger partial charge in [-0.1, -0.05) is 36.7 Å². The lowest BCUT2D eigenvalue weighted by Gasteiger charge is -2.14. The summed E-state index contributed by atoms with van der Waals surface area (Å²) >= 11 is 3.22. The molecular formula is C7H13BrO. The molecule has 0 fully saturated rings. The van der Waals surface area contributed by atoms with Crippen LogP contribution >= 0.6 is 15.9 Å². The minimum absolute atomic E-state index is 0.159. The minimum atomic E-state index is -0.159. The third kappa shape index (κ3) is 3.68. The summed E-state index contributed by atoms with van der Waals surface area (Å²) in [5, 5.41) is 0.781. The van der Waals surface area contributed by atoms with E-state index >= 15 is 0 Å². The molecule has 1 nitrogen and oxygen atoms in total. The maximum absolute atomic E-state index is 11.0. The molecule has 0 saturated heterocycles. The van der Waals surface area contributed by atoms with E-state index in [9.17, 15) is 4.79 Å². The molecule has 0 unspecified atom stereocenters. The number of carbonyl (C=O) groups is 1. The second kappa shape index (κ2) is 3.35. The highest BCUT2D eigenvalue weighted by Gasteiger charge is 2.19. The second-order valence-corrected chi connectivity index (χ2v) is 3.91. The molecule has 0 spiro atoms. The quantitative estimate of drug-likeness (QED) is 0.615. The summed E-state index contributed by atoms with van der Waals surface area (Å²) < 4.78 is 0. The Labute approximate surface area is 65.0 Å². The van der Waals surface area contributed by atoms with E-state index in [1.807, 2.05) is 20.8 Å². The summed E-state index contributed by atoms with van der Waals surface area (Å²) in [6.07, 6.45) is 0.642. The molecule has 2 heteroatoms. The molecule has 0 aromatic rings. The molecule has 54 valence electrons. The fourth-order valence-corrected chi connectivity index (χ4v) is 0.821. The smallest absolute Gasteiger partial charge is 0.139 e. The first kappa shape index (κ1) is 9.15. The van der Waals surface area contributed by atoms with E-state index in [0.717, 1.165) is 5.33 Å². The van der Waals surface area contributed by atoms with E-state index < -0.39 is 0 Å². The number of Topliss-reactive ketones (excluding diaryl/α,β-unsaturated/α-hetero) is 1. The van der Waals surface area contributed by atoms with Gasteiger partial charge in [0.2, 0.25) is 0 Å². The Kier molecular flexibility index (Phi) is 3.41. The van der Waals surface area contributed by atoms with Crippen LogP contribution in [-0.4, -0.2) is 11.1 Å². The Balaban J connectivity index is 3.74. The van der Waals surface area contributed by atoms with Crippen molar-refractivity contribution in [2.45, 2.75) is 27.2 Å². The van der Waals surface area contributed by atoms with E-state index in [4.69, 9.17) is 0 Å². The van der Waals surface area contributed by atoms with Crippen LogP contribution in [0.3, 0.4) is 0 Å². The molecule has 0 aromatic carbocycles. The van der Waals surface area contributed by atoms with Gasteiger partial charge in [0.25, 0.3) is 0 Å². The predicted octanol–water partition coefficient (Wildman–Crippen LogP) is 2.39. The number of ketones is 1. The SMILES string of the molecule is CC(C)(C)C(=O)CCBr. The molecule has 0 rings (SSSR count). The molecule has 0 radical (unpaired) electrons. The van der Waals surface area contributed by atoms with Crippen LogP contribution in [0.15, 0.2) is 0 Å². The lowest BCUT2D eigenvalue weighted by Crippen LogP contribution is -2.19. The Morgan fingerprint density at radius 3 is 2.00 bits per heavy atom. The van der Waals surface area contributed by atoms with Gasteiger partial charge in [0.05, 0.1) is 0 Å². The molecule has 0 atom stereocenters. The van der Waals surface area contributed by atoms with Gasteiger partial charge in [-0.15, -0.1) is 0 Å². The van der Waals surface area contributed by atoms with Crippen molar-refractivity contribution in [3.05, 3.63) is 0 Å². The van der Waals surface area contributed by atoms with Crippen LogP contribution in [0.1, 0.15) is 27.2 Å². The van der Waals surface area contributed by atoms with Crippen LogP contribution < -0.4 is 0 Å². The molecule has 0 bridgehead atoms. The molecule has 0 N–H and O–H groups in total. The van der Waals surface area contributed by atoms with Crippen molar-refractivity contribution in [2.75, 3.05) is 5.33 Å². The summed E-state index contributed by atoms with van der Waals surface area (Å²) in [4.78, 5) is 11.0. The third-order valence-electron chi connectivity index (χ3n) is 1.16. The van der Waals surface area contributed by atoms with E-state index in [1.165, 1.54) is 0 Å². The maximum atomic E-state index is 11.0. The van der Waals surface area contributed by atoms with Gasteiger partial charge in [0.1, 0.15) is 5.78 Å². The monoisotopic (exact) mass is 192 g/mol. The number of hydrogen-bond donors (Lipinski definition) is 0. The first-order chi connectivity index (χ1) is 3.98. The molecule has 0 aliphatic carbocycles.